The van der Waals surface area contributed by atoms with Crippen molar-refractivity contribution in [3.63, 3.8) is 0 Å². The van der Waals surface area contributed by atoms with Gasteiger partial charge in [0.15, 0.2) is 0 Å². The summed E-state index contributed by atoms with van der Waals surface area (Å²) in [7, 11) is 0. The van der Waals surface area contributed by atoms with Crippen LogP contribution >= 0.6 is 11.6 Å². The maximum Gasteiger partial charge on any atom is 0.312 e. The lowest BCUT2D eigenvalue weighted by atomic mass is 9.77. The molecule has 0 saturated carbocycles. The van der Waals surface area contributed by atoms with E-state index in [4.69, 9.17) is 21.1 Å². The molecule has 6 heteroatoms. The van der Waals surface area contributed by atoms with Crippen molar-refractivity contribution in [2.45, 2.75) is 18.6 Å². The molecule has 0 aliphatic carbocycles. The molecule has 1 aromatic carbocycles. The molecule has 0 radical (unpaired) electrons. The molecule has 4 rings (SSSR count). The topological polar surface area (TPSA) is 55.8 Å². The van der Waals surface area contributed by atoms with Crippen molar-refractivity contribution >= 4 is 29.2 Å². The Hall–Kier alpha value is -1.85. The van der Waals surface area contributed by atoms with Gasteiger partial charge < -0.3 is 14.4 Å². The number of carbonyl (C=O) groups is 2. The molecule has 0 aromatic heterocycles. The first-order valence-corrected chi connectivity index (χ1v) is 8.04. The molecular weight excluding hydrogens is 318 g/mol. The average molecular weight is 334 g/mol. The number of hydrogen-bond acceptors (Lipinski definition) is 4. The van der Waals surface area contributed by atoms with Gasteiger partial charge in [-0.25, -0.2) is 0 Å². The third-order valence-corrected chi connectivity index (χ3v) is 5.05. The van der Waals surface area contributed by atoms with Crippen LogP contribution in [0.2, 0.25) is 5.02 Å². The van der Waals surface area contributed by atoms with Gasteiger partial charge in [-0.05, 0) is 31.2 Å². The third kappa shape index (κ3) is 2.03. The predicted octanol–water partition coefficient (Wildman–Crippen LogP) is 2.19. The van der Waals surface area contributed by atoms with E-state index in [9.17, 15) is 9.59 Å². The van der Waals surface area contributed by atoms with E-state index in [2.05, 4.69) is 0 Å². The lowest BCUT2D eigenvalue weighted by Gasteiger charge is -2.22. The number of fused-ring (bicyclic) bond motifs is 1. The van der Waals surface area contributed by atoms with Crippen molar-refractivity contribution in [2.75, 3.05) is 18.1 Å². The molecule has 0 unspecified atom stereocenters. The number of amides is 1. The molecule has 5 nitrogen and oxygen atoms in total. The van der Waals surface area contributed by atoms with E-state index in [1.165, 1.54) is 0 Å². The summed E-state index contributed by atoms with van der Waals surface area (Å²) in [6.45, 7) is 2.45. The number of ether oxygens (including phenoxy) is 2. The molecule has 2 saturated heterocycles. The first kappa shape index (κ1) is 14.7. The number of hydrogen-bond donors (Lipinski definition) is 0. The molecule has 2 bridgehead atoms. The van der Waals surface area contributed by atoms with Crippen LogP contribution in [0.3, 0.4) is 0 Å². The van der Waals surface area contributed by atoms with Crippen LogP contribution in [0, 0.1) is 11.8 Å². The minimum atomic E-state index is -0.723. The van der Waals surface area contributed by atoms with E-state index < -0.39 is 17.4 Å². The SMILES string of the molecule is CCOC(=O)[C@H]1[C@@H]2C=C[C@]3(CN(c4ccc(Cl)cc4)C(=O)[C@H]13)O2. The molecule has 1 spiro atoms. The van der Waals surface area contributed by atoms with Crippen LogP contribution in [0.25, 0.3) is 0 Å². The van der Waals surface area contributed by atoms with Crippen molar-refractivity contribution < 1.29 is 19.1 Å². The molecule has 0 N–H and O–H groups in total. The lowest BCUT2D eigenvalue weighted by molar-refractivity contribution is -0.151. The summed E-state index contributed by atoms with van der Waals surface area (Å²) in [5.41, 5.74) is 0.0324. The Kier molecular flexibility index (Phi) is 3.25. The van der Waals surface area contributed by atoms with Crippen molar-refractivity contribution in [2.24, 2.45) is 11.8 Å². The summed E-state index contributed by atoms with van der Waals surface area (Å²) < 4.78 is 11.2. The Morgan fingerprint density at radius 3 is 2.87 bits per heavy atom. The molecule has 1 aromatic rings. The Bertz CT molecular complexity index is 701. The number of benzene rings is 1. The maximum atomic E-state index is 12.9. The summed E-state index contributed by atoms with van der Waals surface area (Å²) in [5, 5.41) is 0.611. The standard InChI is InChI=1S/C17H16ClNO4/c1-2-22-16(21)13-12-7-8-17(23-12)9-19(15(20)14(13)17)11-5-3-10(18)4-6-11/h3-8,12-14H,2,9H2,1H3/t12-,13-,14-,17+/m0/s1. The van der Waals surface area contributed by atoms with Crippen molar-refractivity contribution in [3.05, 3.63) is 41.4 Å². The van der Waals surface area contributed by atoms with Crippen molar-refractivity contribution in [1.82, 2.24) is 0 Å². The van der Waals surface area contributed by atoms with E-state index >= 15 is 0 Å². The van der Waals surface area contributed by atoms with E-state index in [-0.39, 0.29) is 18.0 Å². The second-order valence-corrected chi connectivity index (χ2v) is 6.49. The summed E-state index contributed by atoms with van der Waals surface area (Å²) in [4.78, 5) is 26.9. The number of nitrogens with zero attached hydrogens (tertiary/aromatic N) is 1. The van der Waals surface area contributed by atoms with Gasteiger partial charge in [-0.2, -0.15) is 0 Å². The fourth-order valence-electron chi connectivity index (χ4n) is 3.85. The Labute approximate surface area is 138 Å². The van der Waals surface area contributed by atoms with Crippen LogP contribution < -0.4 is 4.90 Å². The van der Waals surface area contributed by atoms with E-state index in [0.717, 1.165) is 5.69 Å². The molecule has 120 valence electrons. The van der Waals surface area contributed by atoms with Gasteiger partial charge in [0, 0.05) is 10.7 Å². The molecule has 3 aliphatic rings. The minimum absolute atomic E-state index is 0.0998. The summed E-state index contributed by atoms with van der Waals surface area (Å²) in [6, 6.07) is 7.08. The monoisotopic (exact) mass is 333 g/mol. The first-order chi connectivity index (χ1) is 11.1. The van der Waals surface area contributed by atoms with E-state index in [1.807, 2.05) is 12.2 Å². The van der Waals surface area contributed by atoms with Gasteiger partial charge in [-0.15, -0.1) is 0 Å². The van der Waals surface area contributed by atoms with Gasteiger partial charge in [-0.1, -0.05) is 23.8 Å². The zero-order chi connectivity index (χ0) is 16.2. The number of anilines is 1. The first-order valence-electron chi connectivity index (χ1n) is 7.66. The van der Waals surface area contributed by atoms with Gasteiger partial charge in [0.2, 0.25) is 5.91 Å². The second kappa shape index (κ2) is 5.08. The highest BCUT2D eigenvalue weighted by atomic mass is 35.5. The molecule has 3 aliphatic heterocycles. The minimum Gasteiger partial charge on any atom is -0.466 e. The summed E-state index contributed by atoms with van der Waals surface area (Å²) in [5.74, 6) is -1.55. The van der Waals surface area contributed by atoms with Crippen LogP contribution in [0.1, 0.15) is 6.92 Å². The van der Waals surface area contributed by atoms with Gasteiger partial charge in [0.1, 0.15) is 11.5 Å². The molecular formula is C17H16ClNO4. The van der Waals surface area contributed by atoms with E-state index in [1.54, 1.807) is 36.1 Å². The quantitative estimate of drug-likeness (QED) is 0.628. The van der Waals surface area contributed by atoms with Gasteiger partial charge >= 0.3 is 5.97 Å². The maximum absolute atomic E-state index is 12.9. The van der Waals surface area contributed by atoms with E-state index in [0.29, 0.717) is 18.2 Å². The fourth-order valence-corrected chi connectivity index (χ4v) is 3.97. The van der Waals surface area contributed by atoms with Crippen LogP contribution in [0.15, 0.2) is 36.4 Å². The average Bonchev–Trinajstić information content (AvgIpc) is 3.17. The van der Waals surface area contributed by atoms with Crippen LogP contribution in [0.4, 0.5) is 5.69 Å². The number of halogens is 1. The number of esters is 1. The third-order valence-electron chi connectivity index (χ3n) is 4.80. The van der Waals surface area contributed by atoms with Crippen LogP contribution in [-0.4, -0.2) is 36.7 Å². The Morgan fingerprint density at radius 2 is 2.17 bits per heavy atom. The molecule has 1 amide bonds. The van der Waals surface area contributed by atoms with Crippen LogP contribution in [-0.2, 0) is 19.1 Å². The summed E-state index contributed by atoms with van der Waals surface area (Å²) in [6.07, 6.45) is 3.43. The summed E-state index contributed by atoms with van der Waals surface area (Å²) >= 11 is 5.91. The molecule has 23 heavy (non-hydrogen) atoms. The highest BCUT2D eigenvalue weighted by Crippen LogP contribution is 2.52. The van der Waals surface area contributed by atoms with Crippen molar-refractivity contribution in [1.29, 1.82) is 0 Å². The largest absolute Gasteiger partial charge is 0.466 e. The molecule has 4 atom stereocenters. The van der Waals surface area contributed by atoms with Gasteiger partial charge in [-0.3, -0.25) is 9.59 Å². The number of rotatable bonds is 3. The zero-order valence-electron chi connectivity index (χ0n) is 12.6. The normalized spacial score (nSPS) is 34.1. The lowest BCUT2D eigenvalue weighted by Crippen LogP contribution is -2.40. The Morgan fingerprint density at radius 1 is 1.43 bits per heavy atom. The fraction of sp³-hybridized carbons (Fsp3) is 0.412. The number of carbonyl (C=O) groups excluding carboxylic acids is 2. The zero-order valence-corrected chi connectivity index (χ0v) is 13.3. The smallest absolute Gasteiger partial charge is 0.312 e. The second-order valence-electron chi connectivity index (χ2n) is 6.05. The Balaban J connectivity index is 1.68. The predicted molar refractivity (Wildman–Crippen MR) is 84.2 cm³/mol. The molecule has 2 fully saturated rings. The van der Waals surface area contributed by atoms with Crippen LogP contribution in [0.5, 0.6) is 0 Å². The van der Waals surface area contributed by atoms with Gasteiger partial charge in [0.25, 0.3) is 0 Å². The van der Waals surface area contributed by atoms with Crippen molar-refractivity contribution in [3.8, 4) is 0 Å². The highest BCUT2D eigenvalue weighted by molar-refractivity contribution is 6.30. The van der Waals surface area contributed by atoms with Gasteiger partial charge in [0.05, 0.1) is 25.2 Å². The highest BCUT2D eigenvalue weighted by Gasteiger charge is 2.67. The molecule has 3 heterocycles.